The maximum atomic E-state index is 12.6. The minimum atomic E-state index is -0.0814. The molecule has 1 aliphatic rings. The van der Waals surface area contributed by atoms with E-state index in [9.17, 15) is 4.79 Å². The van der Waals surface area contributed by atoms with E-state index in [1.807, 2.05) is 24.3 Å². The smallest absolute Gasteiger partial charge is 0.280 e. The molecule has 0 unspecified atom stereocenters. The minimum Gasteiger partial charge on any atom is -0.445 e. The molecule has 2 heterocycles. The molecule has 0 N–H and O–H groups in total. The number of anilines is 1. The molecule has 4 nitrogen and oxygen atoms in total. The number of para-hydroxylation sites is 1. The lowest BCUT2D eigenvalue weighted by Crippen LogP contribution is -2.36. The number of thioether (sulfide) groups is 1. The summed E-state index contributed by atoms with van der Waals surface area (Å²) >= 11 is 1.78. The SMILES string of the molecule is Cc1nc(C(=O)N2CCSc3ccccc32)c(C)o1. The predicted octanol–water partition coefficient (Wildman–Crippen LogP) is 3.04. The third kappa shape index (κ3) is 2.14. The van der Waals surface area contributed by atoms with Crippen molar-refractivity contribution in [3.05, 3.63) is 41.6 Å². The number of hydrogen-bond donors (Lipinski definition) is 0. The highest BCUT2D eigenvalue weighted by Crippen LogP contribution is 2.35. The molecule has 0 aliphatic carbocycles. The molecule has 2 aromatic rings. The van der Waals surface area contributed by atoms with Crippen LogP contribution in [-0.4, -0.2) is 23.2 Å². The number of aryl methyl sites for hydroxylation is 2. The van der Waals surface area contributed by atoms with Crippen molar-refractivity contribution >= 4 is 23.4 Å². The maximum absolute atomic E-state index is 12.6. The van der Waals surface area contributed by atoms with E-state index in [-0.39, 0.29) is 5.91 Å². The number of benzene rings is 1. The summed E-state index contributed by atoms with van der Waals surface area (Å²) in [6, 6.07) is 7.96. The van der Waals surface area contributed by atoms with Gasteiger partial charge < -0.3 is 9.32 Å². The normalized spacial score (nSPS) is 14.3. The Balaban J connectivity index is 2.00. The van der Waals surface area contributed by atoms with E-state index in [1.54, 1.807) is 30.5 Å². The van der Waals surface area contributed by atoms with Crippen molar-refractivity contribution in [3.63, 3.8) is 0 Å². The number of carbonyl (C=O) groups is 1. The summed E-state index contributed by atoms with van der Waals surface area (Å²) in [5, 5.41) is 0. The van der Waals surface area contributed by atoms with Crippen molar-refractivity contribution < 1.29 is 9.21 Å². The third-order valence-electron chi connectivity index (χ3n) is 3.08. The number of amides is 1. The molecule has 1 aromatic heterocycles. The van der Waals surface area contributed by atoms with Gasteiger partial charge in [0.05, 0.1) is 5.69 Å². The molecule has 0 bridgehead atoms. The summed E-state index contributed by atoms with van der Waals surface area (Å²) in [5.74, 6) is 1.93. The highest BCUT2D eigenvalue weighted by atomic mass is 32.2. The average molecular weight is 274 g/mol. The van der Waals surface area contributed by atoms with Gasteiger partial charge >= 0.3 is 0 Å². The molecule has 1 aliphatic heterocycles. The number of oxazole rings is 1. The van der Waals surface area contributed by atoms with Crippen molar-refractivity contribution in [2.45, 2.75) is 18.7 Å². The van der Waals surface area contributed by atoms with E-state index in [1.165, 1.54) is 0 Å². The van der Waals surface area contributed by atoms with Gasteiger partial charge in [0.2, 0.25) is 0 Å². The fraction of sp³-hybridized carbons (Fsp3) is 0.286. The van der Waals surface area contributed by atoms with Crippen LogP contribution in [0.5, 0.6) is 0 Å². The van der Waals surface area contributed by atoms with Gasteiger partial charge in [0.15, 0.2) is 11.6 Å². The number of hydrogen-bond acceptors (Lipinski definition) is 4. The van der Waals surface area contributed by atoms with Crippen LogP contribution in [0.4, 0.5) is 5.69 Å². The number of aromatic nitrogens is 1. The molecule has 0 saturated carbocycles. The Hall–Kier alpha value is -1.75. The topological polar surface area (TPSA) is 46.3 Å². The molecule has 3 rings (SSSR count). The fourth-order valence-corrected chi connectivity index (χ4v) is 3.23. The van der Waals surface area contributed by atoms with Crippen molar-refractivity contribution in [1.29, 1.82) is 0 Å². The second-order valence-electron chi connectivity index (χ2n) is 4.41. The van der Waals surface area contributed by atoms with Crippen LogP contribution in [0, 0.1) is 13.8 Å². The van der Waals surface area contributed by atoms with E-state index < -0.39 is 0 Å². The molecule has 19 heavy (non-hydrogen) atoms. The lowest BCUT2D eigenvalue weighted by atomic mass is 10.2. The average Bonchev–Trinajstić information content (AvgIpc) is 2.76. The summed E-state index contributed by atoms with van der Waals surface area (Å²) in [6.45, 7) is 4.23. The number of rotatable bonds is 1. The van der Waals surface area contributed by atoms with Gasteiger partial charge in [-0.2, -0.15) is 0 Å². The molecule has 0 atom stereocenters. The van der Waals surface area contributed by atoms with Gasteiger partial charge in [-0.1, -0.05) is 12.1 Å². The zero-order chi connectivity index (χ0) is 13.4. The van der Waals surface area contributed by atoms with Crippen LogP contribution in [0.3, 0.4) is 0 Å². The Morgan fingerprint density at radius 3 is 2.89 bits per heavy atom. The van der Waals surface area contributed by atoms with E-state index in [4.69, 9.17) is 4.42 Å². The van der Waals surface area contributed by atoms with Crippen LogP contribution in [0.15, 0.2) is 33.6 Å². The third-order valence-corrected chi connectivity index (χ3v) is 4.12. The van der Waals surface area contributed by atoms with E-state index in [2.05, 4.69) is 4.98 Å². The molecule has 0 radical (unpaired) electrons. The van der Waals surface area contributed by atoms with Gasteiger partial charge in [0.25, 0.3) is 5.91 Å². The molecular formula is C14H14N2O2S. The second-order valence-corrected chi connectivity index (χ2v) is 5.55. The highest BCUT2D eigenvalue weighted by Gasteiger charge is 2.27. The van der Waals surface area contributed by atoms with Crippen LogP contribution in [0.25, 0.3) is 0 Å². The van der Waals surface area contributed by atoms with Crippen LogP contribution < -0.4 is 4.90 Å². The van der Waals surface area contributed by atoms with E-state index >= 15 is 0 Å². The summed E-state index contributed by atoms with van der Waals surface area (Å²) in [4.78, 5) is 19.7. The molecular weight excluding hydrogens is 260 g/mol. The summed E-state index contributed by atoms with van der Waals surface area (Å²) < 4.78 is 5.35. The first-order valence-electron chi connectivity index (χ1n) is 6.14. The predicted molar refractivity (Wildman–Crippen MR) is 74.8 cm³/mol. The van der Waals surface area contributed by atoms with Crippen molar-refractivity contribution in [2.75, 3.05) is 17.2 Å². The molecule has 5 heteroatoms. The highest BCUT2D eigenvalue weighted by molar-refractivity contribution is 7.99. The lowest BCUT2D eigenvalue weighted by Gasteiger charge is -2.28. The second kappa shape index (κ2) is 4.74. The number of fused-ring (bicyclic) bond motifs is 1. The van der Waals surface area contributed by atoms with Gasteiger partial charge in [-0.05, 0) is 19.1 Å². The van der Waals surface area contributed by atoms with Gasteiger partial charge in [0.1, 0.15) is 5.76 Å². The zero-order valence-corrected chi connectivity index (χ0v) is 11.7. The summed E-state index contributed by atoms with van der Waals surface area (Å²) in [6.07, 6.45) is 0. The van der Waals surface area contributed by atoms with E-state index in [0.717, 1.165) is 16.3 Å². The quantitative estimate of drug-likeness (QED) is 0.802. The molecule has 0 spiro atoms. The monoisotopic (exact) mass is 274 g/mol. The van der Waals surface area contributed by atoms with Crippen molar-refractivity contribution in [2.24, 2.45) is 0 Å². The van der Waals surface area contributed by atoms with Crippen molar-refractivity contribution in [1.82, 2.24) is 4.98 Å². The molecule has 1 amide bonds. The van der Waals surface area contributed by atoms with Crippen LogP contribution >= 0.6 is 11.8 Å². The lowest BCUT2D eigenvalue weighted by molar-refractivity contribution is 0.0982. The molecule has 1 aromatic carbocycles. The van der Waals surface area contributed by atoms with Crippen LogP contribution in [-0.2, 0) is 0 Å². The van der Waals surface area contributed by atoms with E-state index in [0.29, 0.717) is 23.9 Å². The van der Waals surface area contributed by atoms with Crippen LogP contribution in [0.1, 0.15) is 22.1 Å². The standard InChI is InChI=1S/C14H14N2O2S/c1-9-13(15-10(2)18-9)14(17)16-7-8-19-12-6-4-3-5-11(12)16/h3-6H,7-8H2,1-2H3. The van der Waals surface area contributed by atoms with Gasteiger partial charge in [0, 0.05) is 24.1 Å². The molecule has 0 fully saturated rings. The van der Waals surface area contributed by atoms with Gasteiger partial charge in [-0.25, -0.2) is 4.98 Å². The Labute approximate surface area is 115 Å². The fourth-order valence-electron chi connectivity index (χ4n) is 2.24. The first-order valence-corrected chi connectivity index (χ1v) is 7.13. The van der Waals surface area contributed by atoms with Crippen LogP contribution in [0.2, 0.25) is 0 Å². The molecule has 0 saturated heterocycles. The summed E-state index contributed by atoms with van der Waals surface area (Å²) in [5.41, 5.74) is 1.38. The Kier molecular flexibility index (Phi) is 3.06. The Morgan fingerprint density at radius 2 is 2.16 bits per heavy atom. The number of carbonyl (C=O) groups excluding carboxylic acids is 1. The summed E-state index contributed by atoms with van der Waals surface area (Å²) in [7, 11) is 0. The van der Waals surface area contributed by atoms with Gasteiger partial charge in [-0.3, -0.25) is 4.79 Å². The maximum Gasteiger partial charge on any atom is 0.280 e. The Bertz CT molecular complexity index is 636. The van der Waals surface area contributed by atoms with Gasteiger partial charge in [-0.15, -0.1) is 11.8 Å². The largest absolute Gasteiger partial charge is 0.445 e. The number of nitrogens with zero attached hydrogens (tertiary/aromatic N) is 2. The minimum absolute atomic E-state index is 0.0814. The van der Waals surface area contributed by atoms with Crippen molar-refractivity contribution in [3.8, 4) is 0 Å². The first-order chi connectivity index (χ1) is 9.16. The molecule has 98 valence electrons. The first kappa shape index (κ1) is 12.3. The Morgan fingerprint density at radius 1 is 1.37 bits per heavy atom. The zero-order valence-electron chi connectivity index (χ0n) is 10.8.